The fraction of sp³-hybridized carbons (Fsp3) is 0.562. The van der Waals surface area contributed by atoms with Gasteiger partial charge in [-0.1, -0.05) is 28.1 Å². The van der Waals surface area contributed by atoms with Gasteiger partial charge in [0.25, 0.3) is 0 Å². The number of hydrogen-bond acceptors (Lipinski definition) is 3. The van der Waals surface area contributed by atoms with Crippen LogP contribution in [-0.4, -0.2) is 41.7 Å². The van der Waals surface area contributed by atoms with Gasteiger partial charge in [0.05, 0.1) is 12.6 Å². The molecule has 0 aliphatic rings. The summed E-state index contributed by atoms with van der Waals surface area (Å²) >= 11 is 3.40. The van der Waals surface area contributed by atoms with Crippen LogP contribution in [-0.2, 0) is 4.79 Å². The van der Waals surface area contributed by atoms with Gasteiger partial charge in [-0.15, -0.1) is 0 Å². The maximum Gasteiger partial charge on any atom is 0.234 e. The third-order valence-corrected chi connectivity index (χ3v) is 3.96. The molecule has 0 fully saturated rings. The minimum absolute atomic E-state index is 0.0112. The minimum atomic E-state index is -0.0162. The van der Waals surface area contributed by atoms with Gasteiger partial charge in [0, 0.05) is 23.7 Å². The molecule has 21 heavy (non-hydrogen) atoms. The highest BCUT2D eigenvalue weighted by Crippen LogP contribution is 2.16. The molecule has 1 aromatic rings. The van der Waals surface area contributed by atoms with Crippen molar-refractivity contribution >= 4 is 21.8 Å². The zero-order valence-corrected chi connectivity index (χ0v) is 14.6. The quantitative estimate of drug-likeness (QED) is 0.752. The van der Waals surface area contributed by atoms with Crippen LogP contribution in [0.25, 0.3) is 0 Å². The largest absolute Gasteiger partial charge is 0.396 e. The number of aliphatic hydroxyl groups excluding tert-OH is 1. The van der Waals surface area contributed by atoms with Crippen molar-refractivity contribution in [3.05, 3.63) is 34.3 Å². The predicted molar refractivity (Wildman–Crippen MR) is 89.1 cm³/mol. The standard InChI is InChI=1S/C16H25BrN2O2/c1-12(2)19(9-4-10-20)11-16(21)18-13(3)14-5-7-15(17)8-6-14/h5-8,12-13,20H,4,9-11H2,1-3H3,(H,18,21). The Bertz CT molecular complexity index is 434. The van der Waals surface area contributed by atoms with Crippen molar-refractivity contribution in [1.82, 2.24) is 10.2 Å². The highest BCUT2D eigenvalue weighted by Gasteiger charge is 2.15. The number of aliphatic hydroxyl groups is 1. The van der Waals surface area contributed by atoms with Crippen molar-refractivity contribution in [3.8, 4) is 0 Å². The van der Waals surface area contributed by atoms with E-state index in [2.05, 4.69) is 40.0 Å². The van der Waals surface area contributed by atoms with Crippen molar-refractivity contribution in [1.29, 1.82) is 0 Å². The molecule has 0 saturated heterocycles. The Balaban J connectivity index is 2.52. The molecule has 1 aromatic carbocycles. The summed E-state index contributed by atoms with van der Waals surface area (Å²) in [7, 11) is 0. The average Bonchev–Trinajstić information content (AvgIpc) is 2.43. The van der Waals surface area contributed by atoms with Crippen LogP contribution in [0.5, 0.6) is 0 Å². The van der Waals surface area contributed by atoms with Gasteiger partial charge < -0.3 is 10.4 Å². The van der Waals surface area contributed by atoms with Gasteiger partial charge in [0.2, 0.25) is 5.91 Å². The van der Waals surface area contributed by atoms with Crippen LogP contribution >= 0.6 is 15.9 Å². The highest BCUT2D eigenvalue weighted by atomic mass is 79.9. The first kappa shape index (κ1) is 18.1. The predicted octanol–water partition coefficient (Wildman–Crippen LogP) is 2.72. The SMILES string of the molecule is CC(NC(=O)CN(CCCO)C(C)C)c1ccc(Br)cc1. The molecule has 0 aromatic heterocycles. The van der Waals surface area contributed by atoms with E-state index in [-0.39, 0.29) is 24.6 Å². The first-order valence-corrected chi connectivity index (χ1v) is 8.13. The Morgan fingerprint density at radius 2 is 1.90 bits per heavy atom. The lowest BCUT2D eigenvalue weighted by Crippen LogP contribution is -2.42. The maximum atomic E-state index is 12.1. The lowest BCUT2D eigenvalue weighted by atomic mass is 10.1. The van der Waals surface area contributed by atoms with E-state index in [1.54, 1.807) is 0 Å². The van der Waals surface area contributed by atoms with Gasteiger partial charge in [-0.05, 0) is 44.9 Å². The van der Waals surface area contributed by atoms with Crippen LogP contribution in [0.3, 0.4) is 0 Å². The van der Waals surface area contributed by atoms with E-state index in [0.717, 1.165) is 16.6 Å². The summed E-state index contributed by atoms with van der Waals surface area (Å²) in [5.74, 6) is 0.0112. The molecule has 0 aliphatic carbocycles. The van der Waals surface area contributed by atoms with Crippen LogP contribution < -0.4 is 5.32 Å². The summed E-state index contributed by atoms with van der Waals surface area (Å²) in [5.41, 5.74) is 1.08. The van der Waals surface area contributed by atoms with Crippen molar-refractivity contribution < 1.29 is 9.90 Å². The number of amides is 1. The topological polar surface area (TPSA) is 52.6 Å². The van der Waals surface area contributed by atoms with E-state index in [0.29, 0.717) is 13.0 Å². The van der Waals surface area contributed by atoms with Gasteiger partial charge in [0.15, 0.2) is 0 Å². The molecule has 0 bridgehead atoms. The molecule has 2 N–H and O–H groups in total. The Hall–Kier alpha value is -0.910. The molecular formula is C16H25BrN2O2. The molecule has 118 valence electrons. The fourth-order valence-electron chi connectivity index (χ4n) is 2.10. The van der Waals surface area contributed by atoms with Gasteiger partial charge in [0.1, 0.15) is 0 Å². The smallest absolute Gasteiger partial charge is 0.234 e. The van der Waals surface area contributed by atoms with Gasteiger partial charge in [-0.2, -0.15) is 0 Å². The summed E-state index contributed by atoms with van der Waals surface area (Å²) in [6.45, 7) is 7.34. The second-order valence-corrected chi connectivity index (χ2v) is 6.40. The van der Waals surface area contributed by atoms with Gasteiger partial charge in [-0.3, -0.25) is 9.69 Å². The maximum absolute atomic E-state index is 12.1. The van der Waals surface area contributed by atoms with E-state index < -0.39 is 0 Å². The first-order valence-electron chi connectivity index (χ1n) is 7.33. The summed E-state index contributed by atoms with van der Waals surface area (Å²) in [5, 5.41) is 11.9. The average molecular weight is 357 g/mol. The number of benzene rings is 1. The fourth-order valence-corrected chi connectivity index (χ4v) is 2.36. The Morgan fingerprint density at radius 3 is 2.43 bits per heavy atom. The monoisotopic (exact) mass is 356 g/mol. The number of nitrogens with zero attached hydrogens (tertiary/aromatic N) is 1. The molecule has 1 amide bonds. The van der Waals surface area contributed by atoms with E-state index >= 15 is 0 Å². The summed E-state index contributed by atoms with van der Waals surface area (Å²) in [6.07, 6.45) is 0.688. The summed E-state index contributed by atoms with van der Waals surface area (Å²) in [6, 6.07) is 8.21. The molecule has 4 nitrogen and oxygen atoms in total. The zero-order chi connectivity index (χ0) is 15.8. The second-order valence-electron chi connectivity index (χ2n) is 5.48. The molecule has 5 heteroatoms. The highest BCUT2D eigenvalue weighted by molar-refractivity contribution is 9.10. The zero-order valence-electron chi connectivity index (χ0n) is 13.0. The Morgan fingerprint density at radius 1 is 1.29 bits per heavy atom. The molecule has 0 heterocycles. The molecule has 0 spiro atoms. The van der Waals surface area contributed by atoms with Gasteiger partial charge in [-0.25, -0.2) is 0 Å². The Labute approximate surface area is 135 Å². The lowest BCUT2D eigenvalue weighted by molar-refractivity contribution is -0.123. The molecule has 0 aliphatic heterocycles. The number of nitrogens with one attached hydrogen (secondary N) is 1. The minimum Gasteiger partial charge on any atom is -0.396 e. The van der Waals surface area contributed by atoms with E-state index in [4.69, 9.17) is 5.11 Å². The van der Waals surface area contributed by atoms with Crippen LogP contribution in [0.15, 0.2) is 28.7 Å². The number of carbonyl (C=O) groups is 1. The number of hydrogen-bond donors (Lipinski definition) is 2. The molecule has 0 saturated carbocycles. The molecule has 1 atom stereocenters. The lowest BCUT2D eigenvalue weighted by Gasteiger charge is -2.26. The number of rotatable bonds is 8. The van der Waals surface area contributed by atoms with E-state index in [9.17, 15) is 4.79 Å². The number of halogens is 1. The van der Waals surface area contributed by atoms with Crippen LogP contribution in [0.1, 0.15) is 38.8 Å². The van der Waals surface area contributed by atoms with E-state index in [1.165, 1.54) is 0 Å². The number of carbonyl (C=O) groups excluding carboxylic acids is 1. The van der Waals surface area contributed by atoms with Crippen molar-refractivity contribution in [2.45, 2.75) is 39.3 Å². The third-order valence-electron chi connectivity index (χ3n) is 3.43. The van der Waals surface area contributed by atoms with E-state index in [1.807, 2.05) is 31.2 Å². The summed E-state index contributed by atoms with van der Waals surface area (Å²) < 4.78 is 1.03. The molecular weight excluding hydrogens is 332 g/mol. The van der Waals surface area contributed by atoms with Crippen molar-refractivity contribution in [2.75, 3.05) is 19.7 Å². The third kappa shape index (κ3) is 6.59. The molecule has 1 unspecified atom stereocenters. The van der Waals surface area contributed by atoms with Crippen LogP contribution in [0.4, 0.5) is 0 Å². The van der Waals surface area contributed by atoms with Crippen molar-refractivity contribution in [3.63, 3.8) is 0 Å². The van der Waals surface area contributed by atoms with Gasteiger partial charge >= 0.3 is 0 Å². The normalized spacial score (nSPS) is 12.7. The Kier molecular flexibility index (Phi) is 7.93. The summed E-state index contributed by atoms with van der Waals surface area (Å²) in [4.78, 5) is 14.2. The first-order chi connectivity index (χ1) is 9.93. The van der Waals surface area contributed by atoms with Crippen molar-refractivity contribution in [2.24, 2.45) is 0 Å². The molecule has 0 radical (unpaired) electrons. The molecule has 1 rings (SSSR count). The second kappa shape index (κ2) is 9.18. The van der Waals surface area contributed by atoms with Crippen LogP contribution in [0.2, 0.25) is 0 Å². The van der Waals surface area contributed by atoms with Crippen LogP contribution in [0, 0.1) is 0 Å².